The van der Waals surface area contributed by atoms with Crippen molar-refractivity contribution in [1.29, 1.82) is 0 Å². The largest absolute Gasteiger partial charge is 0.491 e. The van der Waals surface area contributed by atoms with Crippen LogP contribution in [0.3, 0.4) is 0 Å². The predicted molar refractivity (Wildman–Crippen MR) is 75.2 cm³/mol. The van der Waals surface area contributed by atoms with Gasteiger partial charge in [-0.05, 0) is 57.9 Å². The highest BCUT2D eigenvalue weighted by molar-refractivity contribution is 5.32. The average Bonchev–Trinajstić information content (AvgIpc) is 2.21. The predicted octanol–water partition coefficient (Wildman–Crippen LogP) is 2.43. The van der Waals surface area contributed by atoms with Gasteiger partial charge in [0.15, 0.2) is 0 Å². The molecule has 0 aliphatic rings. The molecule has 1 unspecified atom stereocenters. The van der Waals surface area contributed by atoms with Crippen molar-refractivity contribution in [3.8, 4) is 5.75 Å². The molecule has 2 N–H and O–H groups in total. The Labute approximate surface area is 110 Å². The Morgan fingerprint density at radius 1 is 1.17 bits per heavy atom. The van der Waals surface area contributed by atoms with E-state index in [4.69, 9.17) is 4.74 Å². The number of hydrogen-bond acceptors (Lipinski definition) is 3. The Hall–Kier alpha value is -1.06. The van der Waals surface area contributed by atoms with Gasteiger partial charge in [0.2, 0.25) is 0 Å². The minimum absolute atomic E-state index is 0.0148. The van der Waals surface area contributed by atoms with Crippen molar-refractivity contribution in [2.45, 2.75) is 46.3 Å². The van der Waals surface area contributed by atoms with E-state index in [0.29, 0.717) is 13.2 Å². The van der Waals surface area contributed by atoms with Crippen LogP contribution in [-0.4, -0.2) is 29.9 Å². The molecule has 1 aromatic rings. The molecule has 3 heteroatoms. The molecule has 0 aliphatic carbocycles. The molecule has 1 aromatic carbocycles. The van der Waals surface area contributed by atoms with Gasteiger partial charge in [0.05, 0.1) is 0 Å². The highest BCUT2D eigenvalue weighted by Gasteiger charge is 2.12. The van der Waals surface area contributed by atoms with Crippen molar-refractivity contribution in [2.24, 2.45) is 0 Å². The van der Waals surface area contributed by atoms with Gasteiger partial charge in [-0.1, -0.05) is 6.07 Å². The van der Waals surface area contributed by atoms with Crippen molar-refractivity contribution in [2.75, 3.05) is 13.2 Å². The fourth-order valence-corrected chi connectivity index (χ4v) is 1.69. The molecule has 0 heterocycles. The molecule has 0 radical (unpaired) electrons. The minimum atomic E-state index is -0.495. The molecule has 0 fully saturated rings. The summed E-state index contributed by atoms with van der Waals surface area (Å²) in [5.41, 5.74) is 2.36. The maximum atomic E-state index is 9.82. The lowest BCUT2D eigenvalue weighted by molar-refractivity contribution is 0.1000. The first-order chi connectivity index (χ1) is 8.26. The number of ether oxygens (including phenoxy) is 1. The lowest BCUT2D eigenvalue weighted by Gasteiger charge is -2.23. The first-order valence-electron chi connectivity index (χ1n) is 6.40. The number of nitrogens with one attached hydrogen (secondary N) is 1. The van der Waals surface area contributed by atoms with Gasteiger partial charge in [-0.3, -0.25) is 0 Å². The van der Waals surface area contributed by atoms with Gasteiger partial charge in [-0.25, -0.2) is 0 Å². The van der Waals surface area contributed by atoms with E-state index in [0.717, 1.165) is 5.75 Å². The van der Waals surface area contributed by atoms with Gasteiger partial charge in [-0.15, -0.1) is 0 Å². The SMILES string of the molecule is Cc1cc(C)cc(OCC(O)CNC(C)(C)C)c1. The lowest BCUT2D eigenvalue weighted by Crippen LogP contribution is -2.42. The van der Waals surface area contributed by atoms with Crippen LogP contribution in [0.4, 0.5) is 0 Å². The van der Waals surface area contributed by atoms with Crippen molar-refractivity contribution >= 4 is 0 Å². The summed E-state index contributed by atoms with van der Waals surface area (Å²) in [5.74, 6) is 0.822. The van der Waals surface area contributed by atoms with Gasteiger partial charge in [0.25, 0.3) is 0 Å². The van der Waals surface area contributed by atoms with Crippen LogP contribution in [-0.2, 0) is 0 Å². The lowest BCUT2D eigenvalue weighted by atomic mass is 10.1. The molecular weight excluding hydrogens is 226 g/mol. The second kappa shape index (κ2) is 6.21. The number of β-amino-alcohol motifs (C(OH)–C–C–N with tert-alkyl or cyclic N) is 1. The third-order valence-corrected chi connectivity index (χ3v) is 2.51. The molecule has 0 saturated heterocycles. The van der Waals surface area contributed by atoms with Crippen LogP contribution in [0.25, 0.3) is 0 Å². The second-order valence-corrected chi connectivity index (χ2v) is 5.92. The summed E-state index contributed by atoms with van der Waals surface area (Å²) in [6, 6.07) is 6.07. The van der Waals surface area contributed by atoms with E-state index in [1.54, 1.807) is 0 Å². The molecular formula is C15H25NO2. The van der Waals surface area contributed by atoms with E-state index in [2.05, 4.69) is 32.2 Å². The monoisotopic (exact) mass is 251 g/mol. The van der Waals surface area contributed by atoms with E-state index in [-0.39, 0.29) is 5.54 Å². The maximum Gasteiger partial charge on any atom is 0.119 e. The van der Waals surface area contributed by atoms with Crippen molar-refractivity contribution in [3.05, 3.63) is 29.3 Å². The molecule has 0 aromatic heterocycles. The molecule has 0 aliphatic heterocycles. The van der Waals surface area contributed by atoms with Crippen LogP contribution in [0.2, 0.25) is 0 Å². The maximum absolute atomic E-state index is 9.82. The Morgan fingerprint density at radius 3 is 2.22 bits per heavy atom. The van der Waals surface area contributed by atoms with Crippen LogP contribution in [0.1, 0.15) is 31.9 Å². The molecule has 1 rings (SSSR count). The number of aryl methyl sites for hydroxylation is 2. The fourth-order valence-electron chi connectivity index (χ4n) is 1.69. The van der Waals surface area contributed by atoms with Crippen LogP contribution in [0, 0.1) is 13.8 Å². The smallest absolute Gasteiger partial charge is 0.119 e. The number of hydrogen-bond donors (Lipinski definition) is 2. The Bertz CT molecular complexity index is 362. The summed E-state index contributed by atoms with van der Waals surface area (Å²) in [6.07, 6.45) is -0.495. The zero-order valence-corrected chi connectivity index (χ0v) is 12.1. The van der Waals surface area contributed by atoms with Gasteiger partial charge in [0.1, 0.15) is 18.5 Å². The first kappa shape index (κ1) is 15.0. The average molecular weight is 251 g/mol. The second-order valence-electron chi connectivity index (χ2n) is 5.92. The molecule has 1 atom stereocenters. The van der Waals surface area contributed by atoms with Crippen molar-refractivity contribution in [3.63, 3.8) is 0 Å². The zero-order valence-electron chi connectivity index (χ0n) is 12.1. The van der Waals surface area contributed by atoms with Crippen LogP contribution in [0.5, 0.6) is 5.75 Å². The summed E-state index contributed by atoms with van der Waals surface area (Å²) in [6.45, 7) is 11.1. The molecule has 18 heavy (non-hydrogen) atoms. The quantitative estimate of drug-likeness (QED) is 0.844. The summed E-state index contributed by atoms with van der Waals surface area (Å²) in [4.78, 5) is 0. The van der Waals surface area contributed by atoms with E-state index < -0.39 is 6.10 Å². The number of aliphatic hydroxyl groups is 1. The highest BCUT2D eigenvalue weighted by atomic mass is 16.5. The van der Waals surface area contributed by atoms with Crippen molar-refractivity contribution < 1.29 is 9.84 Å². The summed E-state index contributed by atoms with van der Waals surface area (Å²) in [5, 5.41) is 13.1. The standard InChI is InChI=1S/C15H25NO2/c1-11-6-12(2)8-14(7-11)18-10-13(17)9-16-15(3,4)5/h6-8,13,16-17H,9-10H2,1-5H3. The Morgan fingerprint density at radius 2 is 1.72 bits per heavy atom. The summed E-state index contributed by atoms with van der Waals surface area (Å²) >= 11 is 0. The summed E-state index contributed by atoms with van der Waals surface area (Å²) < 4.78 is 5.60. The third kappa shape index (κ3) is 6.03. The van der Waals surface area contributed by atoms with E-state index in [1.165, 1.54) is 11.1 Å². The van der Waals surface area contributed by atoms with E-state index in [1.807, 2.05) is 26.0 Å². The third-order valence-electron chi connectivity index (χ3n) is 2.51. The molecule has 0 amide bonds. The van der Waals surface area contributed by atoms with Crippen LogP contribution >= 0.6 is 0 Å². The Balaban J connectivity index is 2.40. The van der Waals surface area contributed by atoms with Gasteiger partial charge in [0, 0.05) is 12.1 Å². The zero-order chi connectivity index (χ0) is 13.8. The normalized spacial score (nSPS) is 13.4. The van der Waals surface area contributed by atoms with E-state index in [9.17, 15) is 5.11 Å². The van der Waals surface area contributed by atoms with Crippen molar-refractivity contribution in [1.82, 2.24) is 5.32 Å². The molecule has 0 saturated carbocycles. The number of aliphatic hydroxyl groups excluding tert-OH is 1. The highest BCUT2D eigenvalue weighted by Crippen LogP contribution is 2.16. The van der Waals surface area contributed by atoms with Crippen LogP contribution < -0.4 is 10.1 Å². The van der Waals surface area contributed by atoms with E-state index >= 15 is 0 Å². The summed E-state index contributed by atoms with van der Waals surface area (Å²) in [7, 11) is 0. The molecule has 102 valence electrons. The molecule has 3 nitrogen and oxygen atoms in total. The number of benzene rings is 1. The molecule has 0 spiro atoms. The number of rotatable bonds is 5. The minimum Gasteiger partial charge on any atom is -0.491 e. The fraction of sp³-hybridized carbons (Fsp3) is 0.600. The van der Waals surface area contributed by atoms with Gasteiger partial charge in [-0.2, -0.15) is 0 Å². The van der Waals surface area contributed by atoms with Gasteiger partial charge >= 0.3 is 0 Å². The Kier molecular flexibility index (Phi) is 5.17. The molecule has 0 bridgehead atoms. The van der Waals surface area contributed by atoms with Gasteiger partial charge < -0.3 is 15.2 Å². The van der Waals surface area contributed by atoms with Crippen LogP contribution in [0.15, 0.2) is 18.2 Å². The topological polar surface area (TPSA) is 41.5 Å². The first-order valence-corrected chi connectivity index (χ1v) is 6.40.